The van der Waals surface area contributed by atoms with Crippen LogP contribution < -0.4 is 10.1 Å². The molecule has 2 aromatic carbocycles. The van der Waals surface area contributed by atoms with E-state index in [0.717, 1.165) is 15.2 Å². The van der Waals surface area contributed by atoms with Crippen LogP contribution in [-0.4, -0.2) is 18.0 Å². The van der Waals surface area contributed by atoms with E-state index in [4.69, 9.17) is 16.3 Å². The number of thiazole rings is 1. The first-order valence-electron chi connectivity index (χ1n) is 7.13. The smallest absolute Gasteiger partial charge is 0.224 e. The SMILES string of the molecule is COc1ccc(Cl)cc1NC(=O)CCc1nc2ccccc2s1. The van der Waals surface area contributed by atoms with Crippen LogP contribution in [-0.2, 0) is 11.2 Å². The third kappa shape index (κ3) is 3.81. The Morgan fingerprint density at radius 3 is 2.91 bits per heavy atom. The van der Waals surface area contributed by atoms with Gasteiger partial charge in [-0.25, -0.2) is 4.98 Å². The average Bonchev–Trinajstić information content (AvgIpc) is 2.96. The number of methoxy groups -OCH3 is 1. The maximum atomic E-state index is 12.1. The van der Waals surface area contributed by atoms with E-state index in [1.54, 1.807) is 36.6 Å². The number of hydrogen-bond donors (Lipinski definition) is 1. The number of carbonyl (C=O) groups is 1. The third-order valence-electron chi connectivity index (χ3n) is 3.34. The molecular formula is C17H15ClN2O2S. The van der Waals surface area contributed by atoms with Crippen molar-refractivity contribution in [2.45, 2.75) is 12.8 Å². The number of aryl methyl sites for hydroxylation is 1. The molecular weight excluding hydrogens is 332 g/mol. The molecule has 0 radical (unpaired) electrons. The molecule has 4 nitrogen and oxygen atoms in total. The van der Waals surface area contributed by atoms with Crippen molar-refractivity contribution in [2.75, 3.05) is 12.4 Å². The Hall–Kier alpha value is -2.11. The maximum absolute atomic E-state index is 12.1. The molecule has 0 saturated heterocycles. The van der Waals surface area contributed by atoms with Gasteiger partial charge in [0.2, 0.25) is 5.91 Å². The zero-order valence-electron chi connectivity index (χ0n) is 12.5. The first kappa shape index (κ1) is 15.8. The van der Waals surface area contributed by atoms with Crippen molar-refractivity contribution in [3.8, 4) is 5.75 Å². The summed E-state index contributed by atoms with van der Waals surface area (Å²) in [4.78, 5) is 16.7. The number of benzene rings is 2. The molecule has 1 amide bonds. The molecule has 0 bridgehead atoms. The van der Waals surface area contributed by atoms with Gasteiger partial charge in [0.05, 0.1) is 28.0 Å². The number of rotatable bonds is 5. The summed E-state index contributed by atoms with van der Waals surface area (Å²) >= 11 is 7.58. The van der Waals surface area contributed by atoms with Crippen LogP contribution in [0.2, 0.25) is 5.02 Å². The van der Waals surface area contributed by atoms with Gasteiger partial charge in [0.15, 0.2) is 0 Å². The fourth-order valence-electron chi connectivity index (χ4n) is 2.24. The van der Waals surface area contributed by atoms with Gasteiger partial charge < -0.3 is 10.1 Å². The Bertz CT molecular complexity index is 814. The van der Waals surface area contributed by atoms with E-state index in [1.165, 1.54) is 0 Å². The lowest BCUT2D eigenvalue weighted by Crippen LogP contribution is -2.13. The molecule has 0 aliphatic heterocycles. The van der Waals surface area contributed by atoms with Gasteiger partial charge in [0.1, 0.15) is 5.75 Å². The number of nitrogens with zero attached hydrogens (tertiary/aromatic N) is 1. The zero-order chi connectivity index (χ0) is 16.2. The van der Waals surface area contributed by atoms with E-state index in [1.807, 2.05) is 24.3 Å². The number of carbonyl (C=O) groups excluding carboxylic acids is 1. The van der Waals surface area contributed by atoms with Crippen LogP contribution in [0.4, 0.5) is 5.69 Å². The molecule has 0 aliphatic carbocycles. The molecule has 0 spiro atoms. The van der Waals surface area contributed by atoms with E-state index in [-0.39, 0.29) is 5.91 Å². The number of aromatic nitrogens is 1. The van der Waals surface area contributed by atoms with Crippen molar-refractivity contribution < 1.29 is 9.53 Å². The minimum atomic E-state index is -0.0928. The summed E-state index contributed by atoms with van der Waals surface area (Å²) in [5, 5.41) is 4.34. The van der Waals surface area contributed by atoms with Gasteiger partial charge in [-0.15, -0.1) is 11.3 Å². The van der Waals surface area contributed by atoms with Crippen LogP contribution >= 0.6 is 22.9 Å². The number of hydrogen-bond acceptors (Lipinski definition) is 4. The molecule has 118 valence electrons. The second-order valence-corrected chi connectivity index (χ2v) is 6.52. The van der Waals surface area contributed by atoms with E-state index >= 15 is 0 Å². The van der Waals surface area contributed by atoms with Crippen LogP contribution in [0.15, 0.2) is 42.5 Å². The lowest BCUT2D eigenvalue weighted by molar-refractivity contribution is -0.116. The summed E-state index contributed by atoms with van der Waals surface area (Å²) in [6.45, 7) is 0. The molecule has 6 heteroatoms. The number of fused-ring (bicyclic) bond motifs is 1. The molecule has 0 unspecified atom stereocenters. The first-order chi connectivity index (χ1) is 11.2. The largest absolute Gasteiger partial charge is 0.495 e. The van der Waals surface area contributed by atoms with Crippen molar-refractivity contribution >= 4 is 44.7 Å². The lowest BCUT2D eigenvalue weighted by atomic mass is 10.2. The molecule has 23 heavy (non-hydrogen) atoms. The summed E-state index contributed by atoms with van der Waals surface area (Å²) in [5.41, 5.74) is 1.55. The minimum Gasteiger partial charge on any atom is -0.495 e. The van der Waals surface area contributed by atoms with Gasteiger partial charge in [-0.3, -0.25) is 4.79 Å². The number of halogens is 1. The predicted octanol–water partition coefficient (Wildman–Crippen LogP) is 4.53. The Morgan fingerprint density at radius 1 is 1.30 bits per heavy atom. The highest BCUT2D eigenvalue weighted by Gasteiger charge is 2.10. The van der Waals surface area contributed by atoms with Crippen LogP contribution in [0, 0.1) is 0 Å². The molecule has 3 aromatic rings. The normalized spacial score (nSPS) is 10.7. The van der Waals surface area contributed by atoms with Crippen LogP contribution in [0.1, 0.15) is 11.4 Å². The monoisotopic (exact) mass is 346 g/mol. The van der Waals surface area contributed by atoms with Crippen molar-refractivity contribution in [1.82, 2.24) is 4.98 Å². The summed E-state index contributed by atoms with van der Waals surface area (Å²) in [7, 11) is 1.56. The van der Waals surface area contributed by atoms with Gasteiger partial charge in [-0.05, 0) is 30.3 Å². The highest BCUT2D eigenvalue weighted by Crippen LogP contribution is 2.28. The molecule has 0 atom stereocenters. The fourth-order valence-corrected chi connectivity index (χ4v) is 3.38. The molecule has 3 rings (SSSR count). The Labute approximate surface area is 143 Å². The van der Waals surface area contributed by atoms with Gasteiger partial charge in [0.25, 0.3) is 0 Å². The summed E-state index contributed by atoms with van der Waals surface area (Å²) < 4.78 is 6.36. The number of para-hydroxylation sites is 1. The standard InChI is InChI=1S/C17H15ClN2O2S/c1-22-14-7-6-11(18)10-13(14)19-16(21)8-9-17-20-12-4-2-3-5-15(12)23-17/h2-7,10H,8-9H2,1H3,(H,19,21). The lowest BCUT2D eigenvalue weighted by Gasteiger charge is -2.10. The van der Waals surface area contributed by atoms with Crippen LogP contribution in [0.5, 0.6) is 5.75 Å². The molecule has 1 heterocycles. The maximum Gasteiger partial charge on any atom is 0.224 e. The summed E-state index contributed by atoms with van der Waals surface area (Å²) in [5.74, 6) is 0.493. The van der Waals surface area contributed by atoms with E-state index in [9.17, 15) is 4.79 Å². The average molecular weight is 347 g/mol. The highest BCUT2D eigenvalue weighted by molar-refractivity contribution is 7.18. The van der Waals surface area contributed by atoms with E-state index < -0.39 is 0 Å². The van der Waals surface area contributed by atoms with Gasteiger partial charge >= 0.3 is 0 Å². The fraction of sp³-hybridized carbons (Fsp3) is 0.176. The van der Waals surface area contributed by atoms with Gasteiger partial charge in [0, 0.05) is 17.9 Å². The molecule has 1 aromatic heterocycles. The van der Waals surface area contributed by atoms with Crippen molar-refractivity contribution in [2.24, 2.45) is 0 Å². The number of nitrogens with one attached hydrogen (secondary N) is 1. The molecule has 0 saturated carbocycles. The second-order valence-electron chi connectivity index (χ2n) is 4.97. The Balaban J connectivity index is 1.64. The summed E-state index contributed by atoms with van der Waals surface area (Å²) in [6.07, 6.45) is 0.962. The third-order valence-corrected chi connectivity index (χ3v) is 4.67. The predicted molar refractivity (Wildman–Crippen MR) is 94.6 cm³/mol. The van der Waals surface area contributed by atoms with E-state index in [0.29, 0.717) is 29.3 Å². The Morgan fingerprint density at radius 2 is 2.13 bits per heavy atom. The van der Waals surface area contributed by atoms with Crippen LogP contribution in [0.3, 0.4) is 0 Å². The van der Waals surface area contributed by atoms with Crippen molar-refractivity contribution in [3.63, 3.8) is 0 Å². The van der Waals surface area contributed by atoms with Crippen LogP contribution in [0.25, 0.3) is 10.2 Å². The minimum absolute atomic E-state index is 0.0928. The number of anilines is 1. The summed E-state index contributed by atoms with van der Waals surface area (Å²) in [6, 6.07) is 13.1. The second kappa shape index (κ2) is 6.98. The first-order valence-corrected chi connectivity index (χ1v) is 8.33. The van der Waals surface area contributed by atoms with E-state index in [2.05, 4.69) is 10.3 Å². The van der Waals surface area contributed by atoms with Crippen molar-refractivity contribution in [1.29, 1.82) is 0 Å². The van der Waals surface area contributed by atoms with Gasteiger partial charge in [-0.2, -0.15) is 0 Å². The van der Waals surface area contributed by atoms with Crippen molar-refractivity contribution in [3.05, 3.63) is 52.5 Å². The molecule has 0 aliphatic rings. The Kier molecular flexibility index (Phi) is 4.79. The van der Waals surface area contributed by atoms with Gasteiger partial charge in [-0.1, -0.05) is 23.7 Å². The topological polar surface area (TPSA) is 51.2 Å². The highest BCUT2D eigenvalue weighted by atomic mass is 35.5. The number of amides is 1. The molecule has 0 fully saturated rings. The quantitative estimate of drug-likeness (QED) is 0.738. The zero-order valence-corrected chi connectivity index (χ0v) is 14.1. The molecule has 1 N–H and O–H groups in total. The number of ether oxygens (including phenoxy) is 1.